The van der Waals surface area contributed by atoms with E-state index < -0.39 is 23.2 Å². The van der Waals surface area contributed by atoms with Crippen molar-refractivity contribution in [3.05, 3.63) is 59.9 Å². The Morgan fingerprint density at radius 1 is 1.17 bits per heavy atom. The topological polar surface area (TPSA) is 78.1 Å². The van der Waals surface area contributed by atoms with Gasteiger partial charge in [0, 0.05) is 6.54 Å². The van der Waals surface area contributed by atoms with E-state index in [-0.39, 0.29) is 23.5 Å². The Morgan fingerprint density at radius 2 is 1.87 bits per heavy atom. The number of carbonyl (C=O) groups excluding carboxylic acids is 2. The molecule has 0 fully saturated rings. The van der Waals surface area contributed by atoms with E-state index in [0.29, 0.717) is 6.54 Å². The Morgan fingerprint density at radius 3 is 2.53 bits per heavy atom. The van der Waals surface area contributed by atoms with Gasteiger partial charge >= 0.3 is 0 Å². The number of nitrogens with zero attached hydrogens (tertiary/aromatic N) is 2. The minimum atomic E-state index is -0.868. The zero-order chi connectivity index (χ0) is 21.7. The highest BCUT2D eigenvalue weighted by molar-refractivity contribution is 8.00. The SMILES string of the molecule is CCN(CC(=O)Nc1c(F)cccc1F)C(=O)CSC(C)c1nc2ccccc2[nH]1. The fourth-order valence-corrected chi connectivity index (χ4v) is 3.72. The third kappa shape index (κ3) is 5.15. The molecule has 2 amide bonds. The predicted octanol–water partition coefficient (Wildman–Crippen LogP) is 4.12. The molecule has 0 radical (unpaired) electrons. The van der Waals surface area contributed by atoms with Crippen molar-refractivity contribution >= 4 is 40.3 Å². The summed E-state index contributed by atoms with van der Waals surface area (Å²) in [6, 6.07) is 11.0. The molecule has 1 aromatic heterocycles. The molecule has 3 rings (SSSR count). The van der Waals surface area contributed by atoms with Crippen molar-refractivity contribution in [2.45, 2.75) is 19.1 Å². The van der Waals surface area contributed by atoms with Gasteiger partial charge in [0.2, 0.25) is 11.8 Å². The summed E-state index contributed by atoms with van der Waals surface area (Å²) in [7, 11) is 0. The number of nitrogens with one attached hydrogen (secondary N) is 2. The zero-order valence-corrected chi connectivity index (χ0v) is 17.4. The van der Waals surface area contributed by atoms with Crippen LogP contribution in [0.2, 0.25) is 0 Å². The molecule has 9 heteroatoms. The Balaban J connectivity index is 1.55. The van der Waals surface area contributed by atoms with Gasteiger partial charge in [-0.15, -0.1) is 11.8 Å². The van der Waals surface area contributed by atoms with E-state index in [4.69, 9.17) is 0 Å². The van der Waals surface area contributed by atoms with Crippen LogP contribution in [0.25, 0.3) is 11.0 Å². The van der Waals surface area contributed by atoms with E-state index in [2.05, 4.69) is 15.3 Å². The standard InChI is InChI=1S/C21H22F2N4O2S/c1-3-27(11-18(28)26-20-14(22)7-6-8-15(20)23)19(29)12-30-13(2)21-24-16-9-4-5-10-17(16)25-21/h4-10,13H,3,11-12H2,1-2H3,(H,24,25)(H,26,28). The van der Waals surface area contributed by atoms with Gasteiger partial charge in [-0.05, 0) is 38.1 Å². The molecule has 1 unspecified atom stereocenters. The number of fused-ring (bicyclic) bond motifs is 1. The summed E-state index contributed by atoms with van der Waals surface area (Å²) < 4.78 is 27.4. The first-order valence-electron chi connectivity index (χ1n) is 9.47. The summed E-state index contributed by atoms with van der Waals surface area (Å²) in [5.74, 6) is -1.72. The number of thioether (sulfide) groups is 1. The first-order chi connectivity index (χ1) is 14.4. The molecule has 0 aliphatic heterocycles. The molecule has 2 aromatic carbocycles. The molecule has 1 heterocycles. The molecule has 0 spiro atoms. The van der Waals surface area contributed by atoms with Crippen molar-refractivity contribution in [3.63, 3.8) is 0 Å². The molecule has 158 valence electrons. The van der Waals surface area contributed by atoms with Gasteiger partial charge in [-0.2, -0.15) is 0 Å². The third-order valence-electron chi connectivity index (χ3n) is 4.55. The lowest BCUT2D eigenvalue weighted by Gasteiger charge is -2.21. The van der Waals surface area contributed by atoms with Crippen molar-refractivity contribution in [3.8, 4) is 0 Å². The number of anilines is 1. The molecule has 2 N–H and O–H groups in total. The van der Waals surface area contributed by atoms with Gasteiger partial charge in [-0.3, -0.25) is 9.59 Å². The second-order valence-electron chi connectivity index (χ2n) is 6.65. The number of imidazole rings is 1. The normalized spacial score (nSPS) is 12.0. The molecule has 0 aliphatic carbocycles. The van der Waals surface area contributed by atoms with Crippen molar-refractivity contribution in [2.24, 2.45) is 0 Å². The maximum atomic E-state index is 13.7. The highest BCUT2D eigenvalue weighted by Crippen LogP contribution is 2.28. The number of para-hydroxylation sites is 3. The van der Waals surface area contributed by atoms with E-state index in [9.17, 15) is 18.4 Å². The van der Waals surface area contributed by atoms with Crippen LogP contribution in [-0.2, 0) is 9.59 Å². The Labute approximate surface area is 177 Å². The van der Waals surface area contributed by atoms with Crippen molar-refractivity contribution in [1.29, 1.82) is 0 Å². The molecule has 0 saturated heterocycles. The van der Waals surface area contributed by atoms with Crippen LogP contribution in [0, 0.1) is 11.6 Å². The van der Waals surface area contributed by atoms with Gasteiger partial charge in [0.05, 0.1) is 28.6 Å². The monoisotopic (exact) mass is 432 g/mol. The molecule has 0 aliphatic rings. The Kier molecular flexibility index (Phi) is 7.04. The summed E-state index contributed by atoms with van der Waals surface area (Å²) in [5, 5.41) is 2.14. The average Bonchev–Trinajstić information content (AvgIpc) is 3.17. The number of hydrogen-bond donors (Lipinski definition) is 2. The molecule has 30 heavy (non-hydrogen) atoms. The molecule has 1 atom stereocenters. The van der Waals surface area contributed by atoms with E-state index in [1.54, 1.807) is 6.92 Å². The van der Waals surface area contributed by atoms with Crippen LogP contribution < -0.4 is 5.32 Å². The number of H-pyrrole nitrogens is 1. The molecule has 3 aromatic rings. The fourth-order valence-electron chi connectivity index (χ4n) is 2.88. The number of carbonyl (C=O) groups is 2. The van der Waals surface area contributed by atoms with Crippen LogP contribution in [0.15, 0.2) is 42.5 Å². The van der Waals surface area contributed by atoms with Crippen molar-refractivity contribution in [2.75, 3.05) is 24.2 Å². The summed E-state index contributed by atoms with van der Waals surface area (Å²) >= 11 is 1.40. The summed E-state index contributed by atoms with van der Waals surface area (Å²) in [6.45, 7) is 3.69. The number of rotatable bonds is 8. The largest absolute Gasteiger partial charge is 0.341 e. The van der Waals surface area contributed by atoms with E-state index >= 15 is 0 Å². The van der Waals surface area contributed by atoms with E-state index in [1.165, 1.54) is 22.7 Å². The first kappa shape index (κ1) is 21.8. The van der Waals surface area contributed by atoms with Crippen LogP contribution in [0.1, 0.15) is 24.9 Å². The fraction of sp³-hybridized carbons (Fsp3) is 0.286. The van der Waals surface area contributed by atoms with Gasteiger partial charge < -0.3 is 15.2 Å². The molecule has 0 bridgehead atoms. The lowest BCUT2D eigenvalue weighted by Crippen LogP contribution is -2.39. The number of aromatic nitrogens is 2. The molecular weight excluding hydrogens is 410 g/mol. The molecular formula is C21H22F2N4O2S. The highest BCUT2D eigenvalue weighted by atomic mass is 32.2. The minimum Gasteiger partial charge on any atom is -0.341 e. The van der Waals surface area contributed by atoms with Crippen LogP contribution >= 0.6 is 11.8 Å². The van der Waals surface area contributed by atoms with E-state index in [1.807, 2.05) is 31.2 Å². The number of amides is 2. The summed E-state index contributed by atoms with van der Waals surface area (Å²) in [6.07, 6.45) is 0. The second kappa shape index (κ2) is 9.71. The number of hydrogen-bond acceptors (Lipinski definition) is 4. The lowest BCUT2D eigenvalue weighted by molar-refractivity contribution is -0.132. The summed E-state index contributed by atoms with van der Waals surface area (Å²) in [4.78, 5) is 33.9. The van der Waals surface area contributed by atoms with Gasteiger partial charge in [-0.25, -0.2) is 13.8 Å². The van der Waals surface area contributed by atoms with Gasteiger partial charge in [0.15, 0.2) is 0 Å². The van der Waals surface area contributed by atoms with Crippen LogP contribution in [-0.4, -0.2) is 45.5 Å². The van der Waals surface area contributed by atoms with Gasteiger partial charge in [0.25, 0.3) is 0 Å². The van der Waals surface area contributed by atoms with Crippen LogP contribution in [0.4, 0.5) is 14.5 Å². The maximum Gasteiger partial charge on any atom is 0.244 e. The second-order valence-corrected chi connectivity index (χ2v) is 7.97. The number of halogens is 2. The first-order valence-corrected chi connectivity index (χ1v) is 10.5. The van der Waals surface area contributed by atoms with E-state index in [0.717, 1.165) is 29.0 Å². The Bertz CT molecular complexity index is 1000. The highest BCUT2D eigenvalue weighted by Gasteiger charge is 2.20. The van der Waals surface area contributed by atoms with Gasteiger partial charge in [-0.1, -0.05) is 18.2 Å². The predicted molar refractivity (Wildman–Crippen MR) is 114 cm³/mol. The number of likely N-dealkylation sites (N-methyl/N-ethyl adjacent to an activating group) is 1. The number of aromatic amines is 1. The van der Waals surface area contributed by atoms with Crippen molar-refractivity contribution < 1.29 is 18.4 Å². The lowest BCUT2D eigenvalue weighted by atomic mass is 10.3. The smallest absolute Gasteiger partial charge is 0.244 e. The molecule has 6 nitrogen and oxygen atoms in total. The van der Waals surface area contributed by atoms with Crippen LogP contribution in [0.3, 0.4) is 0 Å². The third-order valence-corrected chi connectivity index (χ3v) is 5.68. The minimum absolute atomic E-state index is 0.0543. The number of benzene rings is 2. The molecule has 0 saturated carbocycles. The Hall–Kier alpha value is -2.94. The van der Waals surface area contributed by atoms with Crippen molar-refractivity contribution in [1.82, 2.24) is 14.9 Å². The summed E-state index contributed by atoms with van der Waals surface area (Å²) in [5.41, 5.74) is 1.27. The van der Waals surface area contributed by atoms with Gasteiger partial charge in [0.1, 0.15) is 23.1 Å². The average molecular weight is 432 g/mol. The zero-order valence-electron chi connectivity index (χ0n) is 16.6. The quantitative estimate of drug-likeness (QED) is 0.561. The van der Waals surface area contributed by atoms with Crippen LogP contribution in [0.5, 0.6) is 0 Å². The maximum absolute atomic E-state index is 13.7.